The second kappa shape index (κ2) is 4.16. The van der Waals surface area contributed by atoms with Crippen LogP contribution < -0.4 is 0 Å². The summed E-state index contributed by atoms with van der Waals surface area (Å²) in [6.45, 7) is 0. The summed E-state index contributed by atoms with van der Waals surface area (Å²) in [6, 6.07) is 0. The summed E-state index contributed by atoms with van der Waals surface area (Å²) in [4.78, 5) is 11.4. The van der Waals surface area contributed by atoms with Crippen LogP contribution in [0.5, 0.6) is 0 Å². The van der Waals surface area contributed by atoms with Gasteiger partial charge in [0.1, 0.15) is 5.60 Å². The van der Waals surface area contributed by atoms with Crippen LogP contribution >= 0.6 is 0 Å². The van der Waals surface area contributed by atoms with Gasteiger partial charge in [-0.3, -0.25) is 4.79 Å². The number of carbonyl (C=O) groups excluding carboxylic acids is 1. The van der Waals surface area contributed by atoms with Crippen LogP contribution in [0.4, 0.5) is 0 Å². The van der Waals surface area contributed by atoms with Crippen LogP contribution in [0.1, 0.15) is 51.4 Å². The van der Waals surface area contributed by atoms with Crippen LogP contribution in [-0.2, 0) is 9.53 Å². The smallest absolute Gasteiger partial charge is 0.162 e. The first kappa shape index (κ1) is 9.75. The molecule has 0 amide bonds. The SMILES string of the molecule is O=C1C=COC2(CCCCCCC2)C1. The quantitative estimate of drug-likeness (QED) is 0.592. The molecular weight excluding hydrogens is 176 g/mol. The summed E-state index contributed by atoms with van der Waals surface area (Å²) in [7, 11) is 0. The molecule has 0 saturated heterocycles. The maximum atomic E-state index is 11.4. The van der Waals surface area contributed by atoms with E-state index in [0.29, 0.717) is 6.42 Å². The molecule has 1 fully saturated rings. The molecule has 78 valence electrons. The summed E-state index contributed by atoms with van der Waals surface area (Å²) in [5, 5.41) is 0. The predicted molar refractivity (Wildman–Crippen MR) is 54.9 cm³/mol. The summed E-state index contributed by atoms with van der Waals surface area (Å²) in [5.41, 5.74) is -0.133. The number of rotatable bonds is 0. The standard InChI is InChI=1S/C12H18O2/c13-11-6-9-14-12(10-11)7-4-2-1-3-5-8-12/h6,9H,1-5,7-8,10H2. The van der Waals surface area contributed by atoms with Crippen molar-refractivity contribution >= 4 is 5.78 Å². The maximum absolute atomic E-state index is 11.4. The first-order valence-electron chi connectivity index (χ1n) is 5.68. The highest BCUT2D eigenvalue weighted by Gasteiger charge is 2.35. The number of ketones is 1. The normalized spacial score (nSPS) is 26.7. The van der Waals surface area contributed by atoms with Crippen molar-refractivity contribution in [1.29, 1.82) is 0 Å². The van der Waals surface area contributed by atoms with E-state index in [1.54, 1.807) is 12.3 Å². The molecule has 0 aromatic rings. The fraction of sp³-hybridized carbons (Fsp3) is 0.750. The fourth-order valence-electron chi connectivity index (χ4n) is 2.52. The first-order chi connectivity index (χ1) is 6.81. The molecule has 0 aromatic heterocycles. The van der Waals surface area contributed by atoms with Crippen LogP contribution in [0.25, 0.3) is 0 Å². The Balaban J connectivity index is 2.04. The van der Waals surface area contributed by atoms with Gasteiger partial charge in [-0.1, -0.05) is 19.3 Å². The van der Waals surface area contributed by atoms with E-state index in [9.17, 15) is 4.79 Å². The number of hydrogen-bond donors (Lipinski definition) is 0. The fourth-order valence-corrected chi connectivity index (χ4v) is 2.52. The Kier molecular flexibility index (Phi) is 2.90. The largest absolute Gasteiger partial charge is 0.494 e. The lowest BCUT2D eigenvalue weighted by Gasteiger charge is -2.35. The van der Waals surface area contributed by atoms with Gasteiger partial charge in [0.2, 0.25) is 0 Å². The average molecular weight is 194 g/mol. The molecule has 0 unspecified atom stereocenters. The van der Waals surface area contributed by atoms with Crippen molar-refractivity contribution in [1.82, 2.24) is 0 Å². The molecule has 0 aromatic carbocycles. The first-order valence-corrected chi connectivity index (χ1v) is 5.68. The van der Waals surface area contributed by atoms with E-state index in [4.69, 9.17) is 4.74 Å². The summed E-state index contributed by atoms with van der Waals surface area (Å²) in [6.07, 6.45) is 12.2. The zero-order valence-corrected chi connectivity index (χ0v) is 8.63. The second-order valence-electron chi connectivity index (χ2n) is 4.51. The number of carbonyl (C=O) groups is 1. The molecule has 2 aliphatic rings. The van der Waals surface area contributed by atoms with E-state index in [-0.39, 0.29) is 11.4 Å². The molecule has 0 N–H and O–H groups in total. The van der Waals surface area contributed by atoms with Gasteiger partial charge in [0, 0.05) is 6.08 Å². The van der Waals surface area contributed by atoms with Gasteiger partial charge in [0.05, 0.1) is 12.7 Å². The third kappa shape index (κ3) is 2.17. The van der Waals surface area contributed by atoms with Gasteiger partial charge in [0.15, 0.2) is 5.78 Å². The highest BCUT2D eigenvalue weighted by atomic mass is 16.5. The van der Waals surface area contributed by atoms with Crippen molar-refractivity contribution in [2.24, 2.45) is 0 Å². The maximum Gasteiger partial charge on any atom is 0.162 e. The number of ether oxygens (including phenoxy) is 1. The van der Waals surface area contributed by atoms with Crippen LogP contribution in [0.15, 0.2) is 12.3 Å². The van der Waals surface area contributed by atoms with Crippen LogP contribution in [-0.4, -0.2) is 11.4 Å². The molecule has 2 heteroatoms. The minimum absolute atomic E-state index is 0.133. The molecule has 0 radical (unpaired) electrons. The van der Waals surface area contributed by atoms with Crippen LogP contribution in [0.3, 0.4) is 0 Å². The predicted octanol–water partition coefficient (Wildman–Crippen LogP) is 2.97. The average Bonchev–Trinajstić information content (AvgIpc) is 2.12. The van der Waals surface area contributed by atoms with Crippen molar-refractivity contribution in [3.63, 3.8) is 0 Å². The lowest BCUT2D eigenvalue weighted by Crippen LogP contribution is -2.36. The molecule has 1 aliphatic heterocycles. The van der Waals surface area contributed by atoms with Gasteiger partial charge in [0.25, 0.3) is 0 Å². The summed E-state index contributed by atoms with van der Waals surface area (Å²) in [5.74, 6) is 0.233. The molecule has 1 heterocycles. The second-order valence-corrected chi connectivity index (χ2v) is 4.51. The van der Waals surface area contributed by atoms with E-state index in [1.165, 1.54) is 32.1 Å². The minimum atomic E-state index is -0.133. The molecule has 14 heavy (non-hydrogen) atoms. The van der Waals surface area contributed by atoms with Gasteiger partial charge < -0.3 is 4.74 Å². The van der Waals surface area contributed by atoms with Gasteiger partial charge in [-0.15, -0.1) is 0 Å². The zero-order valence-electron chi connectivity index (χ0n) is 8.63. The molecule has 0 atom stereocenters. The van der Waals surface area contributed by atoms with E-state index in [2.05, 4.69) is 0 Å². The minimum Gasteiger partial charge on any atom is -0.494 e. The van der Waals surface area contributed by atoms with Crippen molar-refractivity contribution in [3.8, 4) is 0 Å². The van der Waals surface area contributed by atoms with E-state index in [1.807, 2.05) is 0 Å². The third-order valence-electron chi connectivity index (χ3n) is 3.33. The molecule has 2 nitrogen and oxygen atoms in total. The van der Waals surface area contributed by atoms with E-state index in [0.717, 1.165) is 12.8 Å². The monoisotopic (exact) mass is 194 g/mol. The Labute approximate surface area is 85.3 Å². The number of allylic oxidation sites excluding steroid dienone is 1. The van der Waals surface area contributed by atoms with E-state index >= 15 is 0 Å². The van der Waals surface area contributed by atoms with E-state index < -0.39 is 0 Å². The number of hydrogen-bond acceptors (Lipinski definition) is 2. The van der Waals surface area contributed by atoms with Gasteiger partial charge in [-0.2, -0.15) is 0 Å². The highest BCUT2D eigenvalue weighted by Crippen LogP contribution is 2.34. The van der Waals surface area contributed by atoms with Crippen molar-refractivity contribution in [2.45, 2.75) is 57.0 Å². The van der Waals surface area contributed by atoms with Crippen molar-refractivity contribution in [3.05, 3.63) is 12.3 Å². The molecule has 1 aliphatic carbocycles. The summed E-state index contributed by atoms with van der Waals surface area (Å²) >= 11 is 0. The Bertz CT molecular complexity index is 235. The summed E-state index contributed by atoms with van der Waals surface area (Å²) < 4.78 is 5.71. The van der Waals surface area contributed by atoms with Gasteiger partial charge >= 0.3 is 0 Å². The van der Waals surface area contributed by atoms with Crippen LogP contribution in [0, 0.1) is 0 Å². The Morgan fingerprint density at radius 3 is 2.36 bits per heavy atom. The molecule has 1 spiro atoms. The van der Waals surface area contributed by atoms with Crippen molar-refractivity contribution in [2.75, 3.05) is 0 Å². The molecular formula is C12H18O2. The topological polar surface area (TPSA) is 26.3 Å². The van der Waals surface area contributed by atoms with Gasteiger partial charge in [-0.25, -0.2) is 0 Å². The Hall–Kier alpha value is -0.790. The zero-order chi connectivity index (χ0) is 9.86. The Morgan fingerprint density at radius 2 is 1.71 bits per heavy atom. The molecule has 2 rings (SSSR count). The van der Waals surface area contributed by atoms with Crippen LogP contribution in [0.2, 0.25) is 0 Å². The van der Waals surface area contributed by atoms with Crippen molar-refractivity contribution < 1.29 is 9.53 Å². The lowest BCUT2D eigenvalue weighted by molar-refractivity contribution is -0.123. The lowest BCUT2D eigenvalue weighted by atomic mass is 9.82. The Morgan fingerprint density at radius 1 is 1.07 bits per heavy atom. The molecule has 0 bridgehead atoms. The molecule has 1 saturated carbocycles. The third-order valence-corrected chi connectivity index (χ3v) is 3.33. The highest BCUT2D eigenvalue weighted by molar-refractivity contribution is 5.90. The van der Waals surface area contributed by atoms with Gasteiger partial charge in [-0.05, 0) is 25.7 Å².